The van der Waals surface area contributed by atoms with E-state index in [2.05, 4.69) is 11.2 Å². The number of pyridine rings is 1. The zero-order valence-corrected chi connectivity index (χ0v) is 9.73. The summed E-state index contributed by atoms with van der Waals surface area (Å²) in [5.41, 5.74) is 1.47. The van der Waals surface area contributed by atoms with Gasteiger partial charge < -0.3 is 0 Å². The van der Waals surface area contributed by atoms with Crippen LogP contribution in [-0.2, 0) is 0 Å². The number of rotatable bonds is 0. The highest BCUT2D eigenvalue weighted by Crippen LogP contribution is 2.06. The Kier molecular flexibility index (Phi) is 6.65. The maximum Gasteiger partial charge on any atom is 0.103 e. The van der Waals surface area contributed by atoms with Crippen LogP contribution in [0.5, 0.6) is 0 Å². The van der Waals surface area contributed by atoms with Crippen LogP contribution in [0.1, 0.15) is 33.3 Å². The van der Waals surface area contributed by atoms with Crippen molar-refractivity contribution in [2.45, 2.75) is 27.7 Å². The highest BCUT2D eigenvalue weighted by molar-refractivity contribution is 5.59. The van der Waals surface area contributed by atoms with Gasteiger partial charge in [0.15, 0.2) is 0 Å². The summed E-state index contributed by atoms with van der Waals surface area (Å²) in [6.07, 6.45) is 3.38. The Balaban J connectivity index is 0.000000442. The van der Waals surface area contributed by atoms with Crippen molar-refractivity contribution in [3.63, 3.8) is 0 Å². The van der Waals surface area contributed by atoms with Crippen molar-refractivity contribution in [2.24, 2.45) is 0 Å². The second-order valence-corrected chi connectivity index (χ2v) is 2.20. The number of hydrogen-bond acceptors (Lipinski definition) is 2. The van der Waals surface area contributed by atoms with Gasteiger partial charge in [0, 0.05) is 6.20 Å². The molecule has 0 fully saturated rings. The van der Waals surface area contributed by atoms with E-state index < -0.39 is 0 Å². The van der Waals surface area contributed by atoms with Gasteiger partial charge in [-0.2, -0.15) is 10.4 Å². The standard InChI is InChI=1S/C8H5N3.2C2H6/c9-5-7-6-10-11-4-2-1-3-8(7)11;2*1-2/h1-4,6H;2*1-2H3. The third-order valence-electron chi connectivity index (χ3n) is 1.55. The monoisotopic (exact) mass is 203 g/mol. The molecule has 0 radical (unpaired) electrons. The van der Waals surface area contributed by atoms with E-state index in [4.69, 9.17) is 5.26 Å². The Hall–Kier alpha value is -1.82. The van der Waals surface area contributed by atoms with Gasteiger partial charge in [-0.25, -0.2) is 4.52 Å². The van der Waals surface area contributed by atoms with Gasteiger partial charge in [-0.1, -0.05) is 33.8 Å². The highest BCUT2D eigenvalue weighted by Gasteiger charge is 1.98. The summed E-state index contributed by atoms with van der Waals surface area (Å²) in [6, 6.07) is 7.70. The lowest BCUT2D eigenvalue weighted by atomic mass is 10.3. The van der Waals surface area contributed by atoms with Crippen LogP contribution in [0, 0.1) is 11.3 Å². The molecule has 2 heterocycles. The van der Waals surface area contributed by atoms with Gasteiger partial charge in [-0.3, -0.25) is 0 Å². The Morgan fingerprint density at radius 3 is 2.47 bits per heavy atom. The van der Waals surface area contributed by atoms with Crippen molar-refractivity contribution in [3.8, 4) is 6.07 Å². The lowest BCUT2D eigenvalue weighted by Gasteiger charge is -1.88. The van der Waals surface area contributed by atoms with E-state index >= 15 is 0 Å². The van der Waals surface area contributed by atoms with Crippen molar-refractivity contribution in [1.82, 2.24) is 9.61 Å². The molecule has 0 bridgehead atoms. The summed E-state index contributed by atoms with van der Waals surface area (Å²) in [5, 5.41) is 12.6. The predicted octanol–water partition coefficient (Wildman–Crippen LogP) is 3.26. The molecule has 2 rings (SSSR count). The second kappa shape index (κ2) is 7.57. The molecule has 80 valence electrons. The van der Waals surface area contributed by atoms with Crippen LogP contribution in [-0.4, -0.2) is 9.61 Å². The van der Waals surface area contributed by atoms with Crippen LogP contribution in [0.2, 0.25) is 0 Å². The number of nitrogens with zero attached hydrogens (tertiary/aromatic N) is 3. The fourth-order valence-corrected chi connectivity index (χ4v) is 1.02. The van der Waals surface area contributed by atoms with Crippen LogP contribution in [0.3, 0.4) is 0 Å². The smallest absolute Gasteiger partial charge is 0.103 e. The third-order valence-corrected chi connectivity index (χ3v) is 1.55. The molecule has 0 spiro atoms. The van der Waals surface area contributed by atoms with Crippen molar-refractivity contribution >= 4 is 5.52 Å². The lowest BCUT2D eigenvalue weighted by molar-refractivity contribution is 0.961. The number of nitriles is 1. The molecular formula is C12H17N3. The van der Waals surface area contributed by atoms with Crippen LogP contribution >= 0.6 is 0 Å². The van der Waals surface area contributed by atoms with E-state index in [1.807, 2.05) is 52.1 Å². The maximum absolute atomic E-state index is 8.62. The van der Waals surface area contributed by atoms with Crippen molar-refractivity contribution in [2.75, 3.05) is 0 Å². The van der Waals surface area contributed by atoms with Crippen LogP contribution < -0.4 is 0 Å². The number of aromatic nitrogens is 2. The van der Waals surface area contributed by atoms with Gasteiger partial charge in [0.2, 0.25) is 0 Å². The van der Waals surface area contributed by atoms with Gasteiger partial charge in [-0.15, -0.1) is 0 Å². The molecule has 3 nitrogen and oxygen atoms in total. The Morgan fingerprint density at radius 2 is 1.87 bits per heavy atom. The molecule has 0 aliphatic heterocycles. The number of fused-ring (bicyclic) bond motifs is 1. The fraction of sp³-hybridized carbons (Fsp3) is 0.333. The Labute approximate surface area is 91.0 Å². The molecule has 0 unspecified atom stereocenters. The quantitative estimate of drug-likeness (QED) is 0.659. The van der Waals surface area contributed by atoms with Gasteiger partial charge in [0.25, 0.3) is 0 Å². The molecular weight excluding hydrogens is 186 g/mol. The van der Waals surface area contributed by atoms with Crippen LogP contribution in [0.4, 0.5) is 0 Å². The summed E-state index contributed by atoms with van der Waals surface area (Å²) < 4.78 is 1.68. The molecule has 0 saturated heterocycles. The Bertz CT molecular complexity index is 424. The van der Waals surface area contributed by atoms with Crippen LogP contribution in [0.15, 0.2) is 30.6 Å². The average Bonchev–Trinajstić information content (AvgIpc) is 2.77. The van der Waals surface area contributed by atoms with Gasteiger partial charge in [-0.05, 0) is 12.1 Å². The third kappa shape index (κ3) is 3.10. The molecule has 2 aromatic heterocycles. The van der Waals surface area contributed by atoms with E-state index in [1.54, 1.807) is 10.7 Å². The first-order valence-corrected chi connectivity index (χ1v) is 5.24. The zero-order valence-electron chi connectivity index (χ0n) is 9.73. The van der Waals surface area contributed by atoms with Crippen LogP contribution in [0.25, 0.3) is 5.52 Å². The molecule has 15 heavy (non-hydrogen) atoms. The van der Waals surface area contributed by atoms with Crippen molar-refractivity contribution < 1.29 is 0 Å². The van der Waals surface area contributed by atoms with Gasteiger partial charge in [0.05, 0.1) is 17.3 Å². The van der Waals surface area contributed by atoms with E-state index in [0.717, 1.165) is 5.52 Å². The Morgan fingerprint density at radius 1 is 1.20 bits per heavy atom. The molecule has 0 amide bonds. The first-order valence-electron chi connectivity index (χ1n) is 5.24. The zero-order chi connectivity index (χ0) is 11.7. The minimum absolute atomic E-state index is 0.616. The molecule has 0 N–H and O–H groups in total. The van der Waals surface area contributed by atoms with Crippen molar-refractivity contribution in [3.05, 3.63) is 36.2 Å². The maximum atomic E-state index is 8.62. The minimum Gasteiger partial charge on any atom is -0.240 e. The minimum atomic E-state index is 0.616. The molecule has 0 aliphatic rings. The summed E-state index contributed by atoms with van der Waals surface area (Å²) in [5.74, 6) is 0. The summed E-state index contributed by atoms with van der Waals surface area (Å²) in [4.78, 5) is 0. The van der Waals surface area contributed by atoms with Gasteiger partial charge in [0.1, 0.15) is 6.07 Å². The molecule has 0 saturated carbocycles. The molecule has 0 atom stereocenters. The van der Waals surface area contributed by atoms with E-state index in [1.165, 1.54) is 0 Å². The summed E-state index contributed by atoms with van der Waals surface area (Å²) >= 11 is 0. The van der Waals surface area contributed by atoms with E-state index in [-0.39, 0.29) is 0 Å². The topological polar surface area (TPSA) is 41.1 Å². The largest absolute Gasteiger partial charge is 0.240 e. The first-order chi connectivity index (χ1) is 7.42. The lowest BCUT2D eigenvalue weighted by Crippen LogP contribution is -1.82. The van der Waals surface area contributed by atoms with E-state index in [0.29, 0.717) is 5.56 Å². The number of hydrogen-bond donors (Lipinski definition) is 0. The molecule has 3 heteroatoms. The summed E-state index contributed by atoms with van der Waals surface area (Å²) in [7, 11) is 0. The van der Waals surface area contributed by atoms with E-state index in [9.17, 15) is 0 Å². The second-order valence-electron chi connectivity index (χ2n) is 2.20. The molecule has 0 aliphatic carbocycles. The van der Waals surface area contributed by atoms with Crippen molar-refractivity contribution in [1.29, 1.82) is 5.26 Å². The van der Waals surface area contributed by atoms with Gasteiger partial charge >= 0.3 is 0 Å². The summed E-state index contributed by atoms with van der Waals surface area (Å²) in [6.45, 7) is 8.00. The SMILES string of the molecule is CC.CC.N#Cc1cnn2ccccc12. The first kappa shape index (κ1) is 13.2. The molecule has 0 aromatic carbocycles. The molecule has 2 aromatic rings. The predicted molar refractivity (Wildman–Crippen MR) is 62.6 cm³/mol. The average molecular weight is 203 g/mol. The fourth-order valence-electron chi connectivity index (χ4n) is 1.02. The normalized spacial score (nSPS) is 7.93. The highest BCUT2D eigenvalue weighted by atomic mass is 15.2.